The fourth-order valence-electron chi connectivity index (χ4n) is 3.92. The van der Waals surface area contributed by atoms with Gasteiger partial charge in [0.15, 0.2) is 11.5 Å². The van der Waals surface area contributed by atoms with Crippen molar-refractivity contribution >= 4 is 23.1 Å². The van der Waals surface area contributed by atoms with Crippen molar-refractivity contribution in [3.8, 4) is 11.3 Å². The zero-order valence-electron chi connectivity index (χ0n) is 16.8. The predicted molar refractivity (Wildman–Crippen MR) is 116 cm³/mol. The number of furan rings is 1. The Labute approximate surface area is 178 Å². The summed E-state index contributed by atoms with van der Waals surface area (Å²) in [5, 5.41) is 0. The van der Waals surface area contributed by atoms with Crippen molar-refractivity contribution in [2.24, 2.45) is 0 Å². The molecule has 1 amide bonds. The first-order chi connectivity index (χ1) is 15.2. The number of amides is 1. The highest BCUT2D eigenvalue weighted by atomic mass is 19.1. The van der Waals surface area contributed by atoms with Crippen LogP contribution in [0.4, 0.5) is 4.39 Å². The van der Waals surface area contributed by atoms with Crippen LogP contribution in [0.2, 0.25) is 0 Å². The van der Waals surface area contributed by atoms with Crippen molar-refractivity contribution in [3.63, 3.8) is 0 Å². The largest absolute Gasteiger partial charge is 0.457 e. The lowest BCUT2D eigenvalue weighted by Gasteiger charge is -2.29. The van der Waals surface area contributed by atoms with Crippen LogP contribution in [-0.2, 0) is 4.79 Å². The summed E-state index contributed by atoms with van der Waals surface area (Å²) in [5.74, 6) is 1.50. The monoisotopic (exact) mass is 416 g/mol. The lowest BCUT2D eigenvalue weighted by Crippen LogP contribution is -2.36. The first kappa shape index (κ1) is 19.3. The summed E-state index contributed by atoms with van der Waals surface area (Å²) in [6.45, 7) is 1.29. The molecule has 3 heterocycles. The molecule has 5 nitrogen and oxygen atoms in total. The number of hydrogen-bond acceptors (Lipinski definition) is 4. The van der Waals surface area contributed by atoms with Crippen LogP contribution in [0.25, 0.3) is 28.5 Å². The van der Waals surface area contributed by atoms with Crippen LogP contribution in [-0.4, -0.2) is 28.9 Å². The Morgan fingerprint density at radius 3 is 2.58 bits per heavy atom. The van der Waals surface area contributed by atoms with Gasteiger partial charge in [-0.3, -0.25) is 4.79 Å². The summed E-state index contributed by atoms with van der Waals surface area (Å²) in [4.78, 5) is 19.0. The molecule has 4 aromatic rings. The Morgan fingerprint density at radius 2 is 1.77 bits per heavy atom. The van der Waals surface area contributed by atoms with E-state index in [1.165, 1.54) is 12.1 Å². The number of carbonyl (C=O) groups is 1. The number of carbonyl (C=O) groups excluding carboxylic acids is 1. The van der Waals surface area contributed by atoms with Crippen molar-refractivity contribution in [2.75, 3.05) is 13.1 Å². The molecular weight excluding hydrogens is 395 g/mol. The fraction of sp³-hybridized carbons (Fsp3) is 0.200. The highest BCUT2D eigenvalue weighted by molar-refractivity contribution is 5.91. The van der Waals surface area contributed by atoms with Crippen LogP contribution >= 0.6 is 0 Å². The Bertz CT molecular complexity index is 1220. The summed E-state index contributed by atoms with van der Waals surface area (Å²) in [6, 6.07) is 17.6. The van der Waals surface area contributed by atoms with Gasteiger partial charge >= 0.3 is 0 Å². The molecule has 0 aliphatic carbocycles. The van der Waals surface area contributed by atoms with Gasteiger partial charge < -0.3 is 13.7 Å². The van der Waals surface area contributed by atoms with Gasteiger partial charge in [0.1, 0.15) is 22.9 Å². The summed E-state index contributed by atoms with van der Waals surface area (Å²) in [6.07, 6.45) is 4.75. The third kappa shape index (κ3) is 4.01. The number of piperidine rings is 1. The third-order valence-corrected chi connectivity index (χ3v) is 5.62. The molecule has 2 aromatic carbocycles. The van der Waals surface area contributed by atoms with E-state index in [0.717, 1.165) is 29.8 Å². The van der Waals surface area contributed by atoms with Crippen molar-refractivity contribution in [1.82, 2.24) is 9.88 Å². The molecule has 1 fully saturated rings. The van der Waals surface area contributed by atoms with Gasteiger partial charge in [-0.25, -0.2) is 9.37 Å². The number of benzene rings is 2. The Kier molecular flexibility index (Phi) is 5.12. The number of halogens is 1. The molecule has 5 rings (SSSR count). The molecule has 2 aromatic heterocycles. The molecule has 156 valence electrons. The van der Waals surface area contributed by atoms with E-state index in [9.17, 15) is 9.18 Å². The molecule has 0 radical (unpaired) electrons. The highest BCUT2D eigenvalue weighted by Gasteiger charge is 2.26. The topological polar surface area (TPSA) is 59.5 Å². The number of fused-ring (bicyclic) bond motifs is 1. The maximum atomic E-state index is 13.9. The van der Waals surface area contributed by atoms with Gasteiger partial charge in [-0.15, -0.1) is 0 Å². The van der Waals surface area contributed by atoms with Gasteiger partial charge in [0.05, 0.1) is 5.56 Å². The number of rotatable bonds is 4. The first-order valence-corrected chi connectivity index (χ1v) is 10.3. The summed E-state index contributed by atoms with van der Waals surface area (Å²) in [7, 11) is 0. The lowest BCUT2D eigenvalue weighted by atomic mass is 9.97. The minimum Gasteiger partial charge on any atom is -0.457 e. The first-order valence-electron chi connectivity index (χ1n) is 10.3. The normalized spacial score (nSPS) is 15.2. The van der Waals surface area contributed by atoms with Crippen LogP contribution in [0, 0.1) is 5.82 Å². The Balaban J connectivity index is 1.20. The molecule has 1 saturated heterocycles. The van der Waals surface area contributed by atoms with Gasteiger partial charge in [-0.1, -0.05) is 24.3 Å². The highest BCUT2D eigenvalue weighted by Crippen LogP contribution is 2.30. The van der Waals surface area contributed by atoms with E-state index in [2.05, 4.69) is 4.98 Å². The maximum absolute atomic E-state index is 13.9. The molecule has 1 aliphatic heterocycles. The number of hydrogen-bond donors (Lipinski definition) is 0. The number of nitrogens with zero attached hydrogens (tertiary/aromatic N) is 2. The molecule has 31 heavy (non-hydrogen) atoms. The molecule has 0 atom stereocenters. The second-order valence-corrected chi connectivity index (χ2v) is 7.63. The van der Waals surface area contributed by atoms with E-state index < -0.39 is 0 Å². The van der Waals surface area contributed by atoms with Gasteiger partial charge in [0.2, 0.25) is 5.91 Å². The number of likely N-dealkylation sites (tertiary alicyclic amines) is 1. The Hall–Kier alpha value is -3.67. The van der Waals surface area contributed by atoms with E-state index in [-0.39, 0.29) is 17.6 Å². The summed E-state index contributed by atoms with van der Waals surface area (Å²) >= 11 is 0. The van der Waals surface area contributed by atoms with Crippen LogP contribution in [0.1, 0.15) is 30.4 Å². The van der Waals surface area contributed by atoms with Crippen LogP contribution in [0.15, 0.2) is 75.6 Å². The van der Waals surface area contributed by atoms with Crippen molar-refractivity contribution in [3.05, 3.63) is 84.2 Å². The van der Waals surface area contributed by atoms with Gasteiger partial charge in [0, 0.05) is 25.1 Å². The summed E-state index contributed by atoms with van der Waals surface area (Å²) in [5.41, 5.74) is 2.06. The second kappa shape index (κ2) is 8.22. The van der Waals surface area contributed by atoms with E-state index in [0.29, 0.717) is 30.2 Å². The van der Waals surface area contributed by atoms with Crippen molar-refractivity contribution in [2.45, 2.75) is 18.8 Å². The standard InChI is InChI=1S/C25H21FN2O3/c26-20-6-2-1-5-19(20)22-11-9-18(30-22)10-12-24(29)28-15-13-17(14-16-28)25-27-21-7-3-4-8-23(21)31-25/h1-12,17H,13-16H2/b12-10+. The quantitative estimate of drug-likeness (QED) is 0.404. The zero-order valence-corrected chi connectivity index (χ0v) is 16.8. The number of aromatic nitrogens is 1. The number of oxazole rings is 1. The molecule has 0 spiro atoms. The van der Waals surface area contributed by atoms with Gasteiger partial charge in [0.25, 0.3) is 0 Å². The van der Waals surface area contributed by atoms with Gasteiger partial charge in [-0.05, 0) is 55.3 Å². The molecule has 0 unspecified atom stereocenters. The smallest absolute Gasteiger partial charge is 0.246 e. The molecular formula is C25H21FN2O3. The maximum Gasteiger partial charge on any atom is 0.246 e. The lowest BCUT2D eigenvalue weighted by molar-refractivity contribution is -0.127. The summed E-state index contributed by atoms with van der Waals surface area (Å²) < 4.78 is 25.5. The number of para-hydroxylation sites is 2. The van der Waals surface area contributed by atoms with Crippen molar-refractivity contribution in [1.29, 1.82) is 0 Å². The van der Waals surface area contributed by atoms with Crippen LogP contribution in [0.5, 0.6) is 0 Å². The van der Waals surface area contributed by atoms with Gasteiger partial charge in [-0.2, -0.15) is 0 Å². The molecule has 0 N–H and O–H groups in total. The minimum absolute atomic E-state index is 0.0696. The average Bonchev–Trinajstić information content (AvgIpc) is 3.45. The second-order valence-electron chi connectivity index (χ2n) is 7.63. The molecule has 0 bridgehead atoms. The molecule has 0 saturated carbocycles. The van der Waals surface area contributed by atoms with Crippen LogP contribution < -0.4 is 0 Å². The average molecular weight is 416 g/mol. The van der Waals surface area contributed by atoms with E-state index in [1.54, 1.807) is 36.4 Å². The molecule has 6 heteroatoms. The predicted octanol–water partition coefficient (Wildman–Crippen LogP) is 5.65. The SMILES string of the molecule is O=C(/C=C/c1ccc(-c2ccccc2F)o1)N1CCC(c2nc3ccccc3o2)CC1. The Morgan fingerprint density at radius 1 is 1.00 bits per heavy atom. The van der Waals surface area contributed by atoms with Crippen LogP contribution in [0.3, 0.4) is 0 Å². The fourth-order valence-corrected chi connectivity index (χ4v) is 3.92. The van der Waals surface area contributed by atoms with E-state index >= 15 is 0 Å². The molecule has 1 aliphatic rings. The zero-order chi connectivity index (χ0) is 21.2. The van der Waals surface area contributed by atoms with E-state index in [1.807, 2.05) is 29.2 Å². The van der Waals surface area contributed by atoms with E-state index in [4.69, 9.17) is 8.83 Å². The third-order valence-electron chi connectivity index (χ3n) is 5.62. The van der Waals surface area contributed by atoms with Crippen molar-refractivity contribution < 1.29 is 18.0 Å². The minimum atomic E-state index is -0.342.